The van der Waals surface area contributed by atoms with Gasteiger partial charge in [-0.2, -0.15) is 0 Å². The average Bonchev–Trinajstić information content (AvgIpc) is 3.54. The normalized spacial score (nSPS) is 22.2. The fourth-order valence-electron chi connectivity index (χ4n) is 8.66. The molecule has 2 heterocycles. The number of hydrogen-bond donors (Lipinski definition) is 2. The van der Waals surface area contributed by atoms with E-state index in [-0.39, 0.29) is 11.0 Å². The number of allylic oxidation sites excluding steroid dienone is 2. The number of benzene rings is 4. The van der Waals surface area contributed by atoms with Crippen LogP contribution in [-0.4, -0.2) is 5.54 Å². The monoisotopic (exact) mass is 669 g/mol. The fourth-order valence-corrected chi connectivity index (χ4v) is 11.5. The smallest absolute Gasteiger partial charge is 0.0694 e. The first-order chi connectivity index (χ1) is 22.7. The summed E-state index contributed by atoms with van der Waals surface area (Å²) in [6.07, 6.45) is 10.9. The van der Waals surface area contributed by atoms with Gasteiger partial charge in [-0.15, -0.1) is 24.0 Å². The third-order valence-corrected chi connectivity index (χ3v) is 14.3. The Bertz CT molecular complexity index is 2080. The standard InChI is InChI=1S/C43H43NS3/c1-27-23-28(2)40(35(24-27)33-16-12-17-37-39(33)44-43(4)22-11-10-21-42(37,43)3)47-41-36(32-15-8-9-18-38(32)46-41)25-30-19-20-31(45)26-34(30)29-13-6-5-7-14-29/h5-9,13-16,18-20,23-24,26,44-45H,10-12,17,21-22,25H2,1-4H3. The summed E-state index contributed by atoms with van der Waals surface area (Å²) in [5.74, 6) is 0. The fraction of sp³-hybridized carbons (Fsp3) is 0.302. The number of hydrogen-bond acceptors (Lipinski definition) is 4. The van der Waals surface area contributed by atoms with E-state index in [1.165, 1.54) is 102 Å². The van der Waals surface area contributed by atoms with E-state index in [0.29, 0.717) is 0 Å². The average molecular weight is 670 g/mol. The Morgan fingerprint density at radius 1 is 0.872 bits per heavy atom. The molecule has 1 aliphatic heterocycles. The molecule has 1 N–H and O–H groups in total. The highest BCUT2D eigenvalue weighted by Crippen LogP contribution is 2.59. The van der Waals surface area contributed by atoms with Crippen LogP contribution in [0.3, 0.4) is 0 Å². The molecule has 2 atom stereocenters. The molecular weight excluding hydrogens is 627 g/mol. The third-order valence-electron chi connectivity index (χ3n) is 11.3. The molecule has 4 heteroatoms. The molecule has 5 aromatic rings. The number of thiol groups is 1. The Morgan fingerprint density at radius 2 is 1.66 bits per heavy atom. The molecule has 2 unspecified atom stereocenters. The molecule has 0 radical (unpaired) electrons. The Kier molecular flexibility index (Phi) is 7.98. The van der Waals surface area contributed by atoms with Crippen molar-refractivity contribution in [1.82, 2.24) is 5.32 Å². The van der Waals surface area contributed by atoms with E-state index in [0.717, 1.165) is 17.7 Å². The van der Waals surface area contributed by atoms with Crippen LogP contribution in [0.1, 0.15) is 80.2 Å². The van der Waals surface area contributed by atoms with Crippen LogP contribution in [0.2, 0.25) is 0 Å². The van der Waals surface area contributed by atoms with Crippen molar-refractivity contribution < 1.29 is 0 Å². The van der Waals surface area contributed by atoms with Gasteiger partial charge >= 0.3 is 0 Å². The van der Waals surface area contributed by atoms with E-state index < -0.39 is 0 Å². The summed E-state index contributed by atoms with van der Waals surface area (Å²) in [6, 6.07) is 31.2. The van der Waals surface area contributed by atoms with Gasteiger partial charge < -0.3 is 5.32 Å². The second kappa shape index (κ2) is 12.1. The quantitative estimate of drug-likeness (QED) is 0.175. The van der Waals surface area contributed by atoms with E-state index in [2.05, 4.69) is 124 Å². The Hall–Kier alpha value is -3.18. The van der Waals surface area contributed by atoms with Gasteiger partial charge in [0.15, 0.2) is 0 Å². The van der Waals surface area contributed by atoms with E-state index in [4.69, 9.17) is 12.6 Å². The molecule has 1 fully saturated rings. The number of aryl methyl sites for hydroxylation is 2. The first-order valence-corrected chi connectivity index (χ1v) is 19.2. The van der Waals surface area contributed by atoms with Crippen molar-refractivity contribution in [2.75, 3.05) is 0 Å². The lowest BCUT2D eigenvalue weighted by Crippen LogP contribution is -2.51. The van der Waals surface area contributed by atoms with Gasteiger partial charge in [-0.1, -0.05) is 110 Å². The lowest BCUT2D eigenvalue weighted by atomic mass is 9.60. The SMILES string of the molecule is Cc1cc(C)c(Sc2sc3ccccc3c2Cc2ccc(S)cc2-c2ccccc2)c(C2=CCCC3=C2NC2(C)CCCCC32C)c1. The Morgan fingerprint density at radius 3 is 2.51 bits per heavy atom. The predicted octanol–water partition coefficient (Wildman–Crippen LogP) is 12.6. The summed E-state index contributed by atoms with van der Waals surface area (Å²) in [5, 5.41) is 5.55. The van der Waals surface area contributed by atoms with Crippen LogP contribution in [0.15, 0.2) is 116 Å². The zero-order valence-corrected chi connectivity index (χ0v) is 30.4. The molecule has 4 aromatic carbocycles. The minimum absolute atomic E-state index is 0.142. The summed E-state index contributed by atoms with van der Waals surface area (Å²) in [6.45, 7) is 9.62. The summed E-state index contributed by atoms with van der Waals surface area (Å²) >= 11 is 8.67. The van der Waals surface area contributed by atoms with Crippen LogP contribution in [0.4, 0.5) is 0 Å². The van der Waals surface area contributed by atoms with Gasteiger partial charge in [0.25, 0.3) is 0 Å². The van der Waals surface area contributed by atoms with E-state index in [1.807, 2.05) is 23.1 Å². The third kappa shape index (κ3) is 5.32. The van der Waals surface area contributed by atoms with E-state index >= 15 is 0 Å². The zero-order valence-electron chi connectivity index (χ0n) is 27.9. The van der Waals surface area contributed by atoms with Crippen molar-refractivity contribution in [3.63, 3.8) is 0 Å². The minimum Gasteiger partial charge on any atom is -0.379 e. The maximum atomic E-state index is 4.74. The molecule has 47 heavy (non-hydrogen) atoms. The van der Waals surface area contributed by atoms with Gasteiger partial charge in [-0.3, -0.25) is 0 Å². The number of nitrogens with one attached hydrogen (secondary N) is 1. The second-order valence-electron chi connectivity index (χ2n) is 14.3. The highest BCUT2D eigenvalue weighted by Gasteiger charge is 2.54. The topological polar surface area (TPSA) is 12.0 Å². The van der Waals surface area contributed by atoms with Crippen LogP contribution < -0.4 is 5.32 Å². The van der Waals surface area contributed by atoms with Crippen LogP contribution in [0.5, 0.6) is 0 Å². The molecule has 1 nitrogen and oxygen atoms in total. The molecule has 3 aliphatic rings. The molecule has 2 aliphatic carbocycles. The largest absolute Gasteiger partial charge is 0.379 e. The zero-order chi connectivity index (χ0) is 32.3. The summed E-state index contributed by atoms with van der Waals surface area (Å²) < 4.78 is 2.75. The van der Waals surface area contributed by atoms with Crippen molar-refractivity contribution in [2.45, 2.75) is 92.2 Å². The van der Waals surface area contributed by atoms with E-state index in [9.17, 15) is 0 Å². The van der Waals surface area contributed by atoms with Gasteiger partial charge in [0.05, 0.1) is 4.21 Å². The molecule has 238 valence electrons. The maximum absolute atomic E-state index is 4.74. The van der Waals surface area contributed by atoms with Crippen molar-refractivity contribution in [2.24, 2.45) is 5.41 Å². The predicted molar refractivity (Wildman–Crippen MR) is 206 cm³/mol. The Balaban J connectivity index is 1.24. The molecule has 0 bridgehead atoms. The number of rotatable bonds is 6. The highest BCUT2D eigenvalue weighted by molar-refractivity contribution is 8.01. The van der Waals surface area contributed by atoms with Gasteiger partial charge in [0.1, 0.15) is 0 Å². The molecule has 0 spiro atoms. The summed E-state index contributed by atoms with van der Waals surface area (Å²) in [5.41, 5.74) is 14.3. The van der Waals surface area contributed by atoms with Crippen molar-refractivity contribution >= 4 is 51.4 Å². The number of thiophene rings is 1. The lowest BCUT2D eigenvalue weighted by Gasteiger charge is -2.47. The molecule has 1 saturated carbocycles. The summed E-state index contributed by atoms with van der Waals surface area (Å²) in [7, 11) is 0. The highest BCUT2D eigenvalue weighted by atomic mass is 32.2. The maximum Gasteiger partial charge on any atom is 0.0694 e. The van der Waals surface area contributed by atoms with Gasteiger partial charge in [-0.25, -0.2) is 0 Å². The number of fused-ring (bicyclic) bond motifs is 3. The first kappa shape index (κ1) is 31.1. The van der Waals surface area contributed by atoms with Crippen molar-refractivity contribution in [3.05, 3.63) is 130 Å². The van der Waals surface area contributed by atoms with Gasteiger partial charge in [-0.05, 0) is 109 Å². The first-order valence-electron chi connectivity index (χ1n) is 17.1. The molecule has 1 aromatic heterocycles. The van der Waals surface area contributed by atoms with E-state index in [1.54, 1.807) is 5.57 Å². The minimum atomic E-state index is 0.142. The van der Waals surface area contributed by atoms with Crippen LogP contribution in [0, 0.1) is 19.3 Å². The van der Waals surface area contributed by atoms with Crippen LogP contribution >= 0.6 is 35.7 Å². The van der Waals surface area contributed by atoms with Gasteiger partial charge in [0, 0.05) is 43.1 Å². The molecule has 0 saturated heterocycles. The van der Waals surface area contributed by atoms with Crippen LogP contribution in [-0.2, 0) is 6.42 Å². The Labute approximate surface area is 294 Å². The van der Waals surface area contributed by atoms with Crippen molar-refractivity contribution in [3.8, 4) is 11.1 Å². The molecule has 0 amide bonds. The van der Waals surface area contributed by atoms with Crippen molar-refractivity contribution in [1.29, 1.82) is 0 Å². The second-order valence-corrected chi connectivity index (χ2v) is 17.2. The summed E-state index contributed by atoms with van der Waals surface area (Å²) in [4.78, 5) is 2.39. The van der Waals surface area contributed by atoms with Gasteiger partial charge in [0.2, 0.25) is 0 Å². The molecular formula is C43H43NS3. The lowest BCUT2D eigenvalue weighted by molar-refractivity contribution is 0.126. The van der Waals surface area contributed by atoms with Crippen LogP contribution in [0.25, 0.3) is 26.8 Å². The molecule has 8 rings (SSSR count).